The number of nitrogens with two attached hydrogens (primary N) is 2. The van der Waals surface area contributed by atoms with Gasteiger partial charge in [0, 0.05) is 11.3 Å². The molecular formula is C13H12N6O2. The van der Waals surface area contributed by atoms with Crippen molar-refractivity contribution in [1.82, 2.24) is 19.5 Å². The Morgan fingerprint density at radius 1 is 1.24 bits per heavy atom. The summed E-state index contributed by atoms with van der Waals surface area (Å²) in [5.74, 6) is -0.0786. The van der Waals surface area contributed by atoms with Gasteiger partial charge in [0.2, 0.25) is 17.7 Å². The summed E-state index contributed by atoms with van der Waals surface area (Å²) in [6.07, 6.45) is 1.58. The van der Waals surface area contributed by atoms with Crippen LogP contribution in [-0.2, 0) is 0 Å². The maximum absolute atomic E-state index is 11.1. The molecule has 3 rings (SSSR count). The van der Waals surface area contributed by atoms with Gasteiger partial charge in [0.15, 0.2) is 11.2 Å². The topological polar surface area (TPSA) is 122 Å². The van der Waals surface area contributed by atoms with Crippen LogP contribution in [0.25, 0.3) is 16.9 Å². The highest BCUT2D eigenvalue weighted by Gasteiger charge is 2.13. The first-order chi connectivity index (χ1) is 10.1. The van der Waals surface area contributed by atoms with Crippen molar-refractivity contribution in [2.45, 2.75) is 0 Å². The Hall–Kier alpha value is -3.16. The van der Waals surface area contributed by atoms with Crippen LogP contribution >= 0.6 is 0 Å². The fourth-order valence-corrected chi connectivity index (χ4v) is 2.01. The number of benzene rings is 1. The number of rotatable bonds is 3. The monoisotopic (exact) mass is 284 g/mol. The molecule has 0 bridgehead atoms. The van der Waals surface area contributed by atoms with Gasteiger partial charge in [-0.2, -0.15) is 9.97 Å². The smallest absolute Gasteiger partial charge is 0.248 e. The van der Waals surface area contributed by atoms with Gasteiger partial charge in [-0.3, -0.25) is 9.36 Å². The molecule has 106 valence electrons. The van der Waals surface area contributed by atoms with Crippen molar-refractivity contribution in [3.63, 3.8) is 0 Å². The van der Waals surface area contributed by atoms with E-state index in [2.05, 4.69) is 15.0 Å². The number of methoxy groups -OCH3 is 1. The minimum Gasteiger partial charge on any atom is -0.479 e. The molecule has 0 saturated carbocycles. The lowest BCUT2D eigenvalue weighted by Crippen LogP contribution is -2.10. The number of carbonyl (C=O) groups is 1. The van der Waals surface area contributed by atoms with Gasteiger partial charge in [-0.1, -0.05) is 0 Å². The molecular weight excluding hydrogens is 272 g/mol. The van der Waals surface area contributed by atoms with Crippen LogP contribution in [0.2, 0.25) is 0 Å². The summed E-state index contributed by atoms with van der Waals surface area (Å²) in [5, 5.41) is 0. The lowest BCUT2D eigenvalue weighted by Gasteiger charge is -2.05. The minimum absolute atomic E-state index is 0.0925. The third-order valence-corrected chi connectivity index (χ3v) is 3.00. The van der Waals surface area contributed by atoms with E-state index in [4.69, 9.17) is 16.2 Å². The number of anilines is 1. The number of ether oxygens (including phenoxy) is 1. The standard InChI is InChI=1S/C13H12N6O2/c1-21-12-9-11(17-13(15)18-12)19(6-16-9)8-4-2-7(3-5-8)10(14)20/h2-6H,1H3,(H2,14,20)(H2,15,17,18). The third kappa shape index (κ3) is 2.12. The number of carbonyl (C=O) groups excluding carboxylic acids is 1. The van der Waals surface area contributed by atoms with Gasteiger partial charge in [0.1, 0.15) is 6.33 Å². The van der Waals surface area contributed by atoms with Crippen molar-refractivity contribution in [1.29, 1.82) is 0 Å². The van der Waals surface area contributed by atoms with Crippen LogP contribution in [0, 0.1) is 0 Å². The average Bonchev–Trinajstić information content (AvgIpc) is 2.90. The van der Waals surface area contributed by atoms with E-state index in [0.717, 1.165) is 5.69 Å². The van der Waals surface area contributed by atoms with E-state index >= 15 is 0 Å². The van der Waals surface area contributed by atoms with E-state index in [1.807, 2.05) is 0 Å². The lowest BCUT2D eigenvalue weighted by molar-refractivity contribution is 0.100. The molecule has 0 aliphatic heterocycles. The van der Waals surface area contributed by atoms with Crippen molar-refractivity contribution in [3.05, 3.63) is 36.2 Å². The molecule has 0 radical (unpaired) electrons. The van der Waals surface area contributed by atoms with E-state index in [1.165, 1.54) is 7.11 Å². The number of fused-ring (bicyclic) bond motifs is 1. The van der Waals surface area contributed by atoms with Crippen LogP contribution in [0.15, 0.2) is 30.6 Å². The van der Waals surface area contributed by atoms with Gasteiger partial charge in [-0.05, 0) is 24.3 Å². The molecule has 8 heteroatoms. The van der Waals surface area contributed by atoms with Gasteiger partial charge < -0.3 is 16.2 Å². The quantitative estimate of drug-likeness (QED) is 0.722. The molecule has 21 heavy (non-hydrogen) atoms. The fourth-order valence-electron chi connectivity index (χ4n) is 2.01. The second-order valence-electron chi connectivity index (χ2n) is 4.29. The maximum Gasteiger partial charge on any atom is 0.248 e. The highest BCUT2D eigenvalue weighted by Crippen LogP contribution is 2.24. The lowest BCUT2D eigenvalue weighted by atomic mass is 10.2. The SMILES string of the molecule is COc1nc(N)nc2c1ncn2-c1ccc(C(N)=O)cc1. The third-order valence-electron chi connectivity index (χ3n) is 3.00. The Bertz CT molecular complexity index is 825. The molecule has 0 unspecified atom stereocenters. The van der Waals surface area contributed by atoms with Crippen LogP contribution in [0.4, 0.5) is 5.95 Å². The first-order valence-electron chi connectivity index (χ1n) is 6.05. The number of imidazole rings is 1. The Morgan fingerprint density at radius 3 is 2.57 bits per heavy atom. The van der Waals surface area contributed by atoms with Crippen LogP contribution in [0.5, 0.6) is 5.88 Å². The molecule has 0 spiro atoms. The van der Waals surface area contributed by atoms with Gasteiger partial charge in [0.05, 0.1) is 7.11 Å². The highest BCUT2D eigenvalue weighted by atomic mass is 16.5. The Kier molecular flexibility index (Phi) is 2.90. The zero-order chi connectivity index (χ0) is 15.0. The predicted molar refractivity (Wildman–Crippen MR) is 76.1 cm³/mol. The largest absolute Gasteiger partial charge is 0.479 e. The van der Waals surface area contributed by atoms with Crippen LogP contribution in [0.3, 0.4) is 0 Å². The van der Waals surface area contributed by atoms with E-state index in [-0.39, 0.29) is 5.95 Å². The average molecular weight is 284 g/mol. The number of amides is 1. The minimum atomic E-state index is -0.481. The molecule has 2 aromatic heterocycles. The fraction of sp³-hybridized carbons (Fsp3) is 0.0769. The van der Waals surface area contributed by atoms with Crippen LogP contribution < -0.4 is 16.2 Å². The Balaban J connectivity index is 2.16. The van der Waals surface area contributed by atoms with E-state index in [0.29, 0.717) is 22.6 Å². The molecule has 0 fully saturated rings. The predicted octanol–water partition coefficient (Wildman–Crippen LogP) is 0.505. The molecule has 0 atom stereocenters. The highest BCUT2D eigenvalue weighted by molar-refractivity contribution is 5.93. The summed E-state index contributed by atoms with van der Waals surface area (Å²) < 4.78 is 6.86. The van der Waals surface area contributed by atoms with Crippen LogP contribution in [0.1, 0.15) is 10.4 Å². The maximum atomic E-state index is 11.1. The molecule has 1 amide bonds. The summed E-state index contributed by atoms with van der Waals surface area (Å²) in [7, 11) is 1.49. The molecule has 0 aliphatic carbocycles. The summed E-state index contributed by atoms with van der Waals surface area (Å²) in [6.45, 7) is 0. The molecule has 1 aromatic carbocycles. The molecule has 0 saturated heterocycles. The van der Waals surface area contributed by atoms with Gasteiger partial charge in [-0.15, -0.1) is 0 Å². The molecule has 2 heterocycles. The zero-order valence-electron chi connectivity index (χ0n) is 11.1. The normalized spacial score (nSPS) is 10.7. The van der Waals surface area contributed by atoms with Gasteiger partial charge in [0.25, 0.3) is 0 Å². The van der Waals surface area contributed by atoms with Crippen molar-refractivity contribution in [2.24, 2.45) is 5.73 Å². The molecule has 0 aliphatic rings. The molecule has 8 nitrogen and oxygen atoms in total. The Labute approximate surface area is 119 Å². The summed E-state index contributed by atoms with van der Waals surface area (Å²) in [5.41, 5.74) is 13.1. The van der Waals surface area contributed by atoms with Gasteiger partial charge in [-0.25, -0.2) is 4.98 Å². The first-order valence-corrected chi connectivity index (χ1v) is 6.05. The summed E-state index contributed by atoms with van der Waals surface area (Å²) in [4.78, 5) is 23.5. The second kappa shape index (κ2) is 4.75. The zero-order valence-corrected chi connectivity index (χ0v) is 11.1. The van der Waals surface area contributed by atoms with Crippen molar-refractivity contribution < 1.29 is 9.53 Å². The van der Waals surface area contributed by atoms with Crippen molar-refractivity contribution >= 4 is 23.0 Å². The second-order valence-corrected chi connectivity index (χ2v) is 4.29. The van der Waals surface area contributed by atoms with E-state index in [1.54, 1.807) is 35.2 Å². The van der Waals surface area contributed by atoms with Crippen LogP contribution in [-0.4, -0.2) is 32.5 Å². The van der Waals surface area contributed by atoms with E-state index in [9.17, 15) is 4.79 Å². The number of nitrogen functional groups attached to an aromatic ring is 1. The van der Waals surface area contributed by atoms with Gasteiger partial charge >= 0.3 is 0 Å². The number of hydrogen-bond acceptors (Lipinski definition) is 6. The number of hydrogen-bond donors (Lipinski definition) is 2. The number of primary amides is 1. The first kappa shape index (κ1) is 12.9. The summed E-state index contributed by atoms with van der Waals surface area (Å²) >= 11 is 0. The summed E-state index contributed by atoms with van der Waals surface area (Å²) in [6, 6.07) is 6.74. The van der Waals surface area contributed by atoms with Crippen molar-refractivity contribution in [2.75, 3.05) is 12.8 Å². The number of nitrogens with zero attached hydrogens (tertiary/aromatic N) is 4. The van der Waals surface area contributed by atoms with E-state index < -0.39 is 5.91 Å². The Morgan fingerprint density at radius 2 is 1.95 bits per heavy atom. The molecule has 3 aromatic rings. The molecule has 4 N–H and O–H groups in total. The van der Waals surface area contributed by atoms with Crippen molar-refractivity contribution in [3.8, 4) is 11.6 Å². The number of aromatic nitrogens is 4.